The van der Waals surface area contributed by atoms with Gasteiger partial charge in [0.05, 0.1) is 5.56 Å². The van der Waals surface area contributed by atoms with Gasteiger partial charge in [-0.3, -0.25) is 4.79 Å². The molecular formula is C24H31N2O3+. The van der Waals surface area contributed by atoms with E-state index in [1.165, 1.54) is 6.42 Å². The van der Waals surface area contributed by atoms with Crippen molar-refractivity contribution in [2.45, 2.75) is 52.7 Å². The number of hydrogen-bond acceptors (Lipinski definition) is 3. The van der Waals surface area contributed by atoms with E-state index in [4.69, 9.17) is 10.5 Å². The van der Waals surface area contributed by atoms with Crippen LogP contribution < -0.4 is 10.3 Å². The molecule has 2 N–H and O–H groups in total. The molecule has 1 fully saturated rings. The molecule has 1 aromatic carbocycles. The van der Waals surface area contributed by atoms with Crippen molar-refractivity contribution in [2.75, 3.05) is 0 Å². The third-order valence-corrected chi connectivity index (χ3v) is 5.95. The normalized spacial score (nSPS) is 21.7. The summed E-state index contributed by atoms with van der Waals surface area (Å²) in [6.45, 7) is 7.10. The first kappa shape index (κ1) is 21.0. The SMILES string of the molecule is CC(C)[C@H]1CC[C@@H](C)C[C@@H]1OC(=O)c1ccccc1C[n+]1cccc(C(N)=O)c1. The highest BCUT2D eigenvalue weighted by atomic mass is 16.5. The van der Waals surface area contributed by atoms with Gasteiger partial charge >= 0.3 is 5.97 Å². The predicted molar refractivity (Wildman–Crippen MR) is 111 cm³/mol. The number of carbonyl (C=O) groups excluding carboxylic acids is 2. The Kier molecular flexibility index (Phi) is 6.68. The number of amides is 1. The Morgan fingerprint density at radius 3 is 2.66 bits per heavy atom. The molecule has 3 rings (SSSR count). The summed E-state index contributed by atoms with van der Waals surface area (Å²) in [7, 11) is 0. The van der Waals surface area contributed by atoms with Gasteiger partial charge in [0.2, 0.25) is 0 Å². The Balaban J connectivity index is 1.80. The van der Waals surface area contributed by atoms with E-state index in [2.05, 4.69) is 20.8 Å². The van der Waals surface area contributed by atoms with Gasteiger partial charge in [-0.1, -0.05) is 45.4 Å². The smallest absolute Gasteiger partial charge is 0.338 e. The van der Waals surface area contributed by atoms with Crippen molar-refractivity contribution in [3.63, 3.8) is 0 Å². The number of esters is 1. The molecule has 5 heteroatoms. The Bertz CT molecular complexity index is 878. The molecule has 1 aromatic heterocycles. The highest BCUT2D eigenvalue weighted by Gasteiger charge is 2.34. The minimum absolute atomic E-state index is 0.0369. The number of ether oxygens (including phenoxy) is 1. The number of carbonyl (C=O) groups is 2. The fourth-order valence-electron chi connectivity index (χ4n) is 4.27. The summed E-state index contributed by atoms with van der Waals surface area (Å²) in [5.74, 6) is 0.729. The zero-order valence-corrected chi connectivity index (χ0v) is 17.5. The second-order valence-corrected chi connectivity index (χ2v) is 8.56. The highest BCUT2D eigenvalue weighted by molar-refractivity contribution is 5.92. The summed E-state index contributed by atoms with van der Waals surface area (Å²) >= 11 is 0. The molecule has 0 unspecified atom stereocenters. The molecule has 1 saturated carbocycles. The van der Waals surface area contributed by atoms with E-state index in [-0.39, 0.29) is 12.1 Å². The molecule has 0 spiro atoms. The van der Waals surface area contributed by atoms with Crippen LogP contribution in [0.2, 0.25) is 0 Å². The lowest BCUT2D eigenvalue weighted by molar-refractivity contribution is -0.688. The monoisotopic (exact) mass is 395 g/mol. The van der Waals surface area contributed by atoms with Gasteiger partial charge in [-0.2, -0.15) is 4.57 Å². The molecule has 154 valence electrons. The molecule has 1 heterocycles. The zero-order valence-electron chi connectivity index (χ0n) is 17.5. The van der Waals surface area contributed by atoms with Crippen molar-refractivity contribution in [3.05, 3.63) is 65.5 Å². The van der Waals surface area contributed by atoms with Gasteiger partial charge in [0, 0.05) is 11.6 Å². The number of primary amides is 1. The third-order valence-electron chi connectivity index (χ3n) is 5.95. The van der Waals surface area contributed by atoms with E-state index in [9.17, 15) is 9.59 Å². The molecule has 0 radical (unpaired) electrons. The van der Waals surface area contributed by atoms with Crippen LogP contribution in [-0.4, -0.2) is 18.0 Å². The Labute approximate surface area is 172 Å². The molecular weight excluding hydrogens is 364 g/mol. The second-order valence-electron chi connectivity index (χ2n) is 8.56. The maximum atomic E-state index is 13.1. The van der Waals surface area contributed by atoms with Crippen LogP contribution in [0.25, 0.3) is 0 Å². The first-order chi connectivity index (χ1) is 13.8. The molecule has 5 nitrogen and oxygen atoms in total. The molecule has 1 amide bonds. The Morgan fingerprint density at radius 2 is 1.93 bits per heavy atom. The van der Waals surface area contributed by atoms with Gasteiger partial charge in [-0.05, 0) is 42.7 Å². The number of aromatic nitrogens is 1. The summed E-state index contributed by atoms with van der Waals surface area (Å²) in [4.78, 5) is 24.5. The van der Waals surface area contributed by atoms with Gasteiger partial charge in [0.15, 0.2) is 18.9 Å². The summed E-state index contributed by atoms with van der Waals surface area (Å²) in [6, 6.07) is 10.9. The molecule has 3 atom stereocenters. The Hall–Kier alpha value is -2.69. The van der Waals surface area contributed by atoms with Gasteiger partial charge < -0.3 is 10.5 Å². The van der Waals surface area contributed by atoms with E-state index < -0.39 is 5.91 Å². The van der Waals surface area contributed by atoms with E-state index >= 15 is 0 Å². The summed E-state index contributed by atoms with van der Waals surface area (Å²) < 4.78 is 7.89. The molecule has 0 aliphatic heterocycles. The van der Waals surface area contributed by atoms with Crippen LogP contribution in [0.5, 0.6) is 0 Å². The predicted octanol–water partition coefficient (Wildman–Crippen LogP) is 3.74. The average molecular weight is 396 g/mol. The van der Waals surface area contributed by atoms with Gasteiger partial charge in [-0.25, -0.2) is 4.79 Å². The first-order valence-electron chi connectivity index (χ1n) is 10.4. The van der Waals surface area contributed by atoms with Crippen LogP contribution in [0.1, 0.15) is 66.3 Å². The minimum atomic E-state index is -0.474. The quantitative estimate of drug-likeness (QED) is 0.598. The van der Waals surface area contributed by atoms with E-state index in [0.29, 0.717) is 35.4 Å². The lowest BCUT2D eigenvalue weighted by Gasteiger charge is -2.36. The number of benzene rings is 1. The van der Waals surface area contributed by atoms with Gasteiger partial charge in [-0.15, -0.1) is 0 Å². The van der Waals surface area contributed by atoms with Crippen molar-refractivity contribution in [1.29, 1.82) is 0 Å². The first-order valence-corrected chi connectivity index (χ1v) is 10.4. The number of nitrogens with two attached hydrogens (primary N) is 1. The number of nitrogens with zero attached hydrogens (tertiary/aromatic N) is 1. The summed E-state index contributed by atoms with van der Waals surface area (Å²) in [5, 5.41) is 0. The van der Waals surface area contributed by atoms with Crippen molar-refractivity contribution in [2.24, 2.45) is 23.5 Å². The minimum Gasteiger partial charge on any atom is -0.458 e. The standard InChI is InChI=1S/C24H30N2O3/c1-16(2)20-11-10-17(3)13-22(20)29-24(28)21-9-5-4-7-18(21)14-26-12-6-8-19(15-26)23(25)27/h4-9,12,15-17,20,22H,10-11,13-14H2,1-3H3,(H-,25,27)/p+1/t17-,20-,22+/m1/s1. The molecule has 2 aromatic rings. The number of rotatable bonds is 6. The van der Waals surface area contributed by atoms with E-state index in [1.54, 1.807) is 18.3 Å². The fraction of sp³-hybridized carbons (Fsp3) is 0.458. The summed E-state index contributed by atoms with van der Waals surface area (Å²) in [5.41, 5.74) is 7.24. The third kappa shape index (κ3) is 5.22. The zero-order chi connectivity index (χ0) is 21.0. The largest absolute Gasteiger partial charge is 0.458 e. The maximum absolute atomic E-state index is 13.1. The van der Waals surface area contributed by atoms with Crippen molar-refractivity contribution in [1.82, 2.24) is 0 Å². The van der Waals surface area contributed by atoms with Crippen molar-refractivity contribution >= 4 is 11.9 Å². The number of hydrogen-bond donors (Lipinski definition) is 1. The van der Waals surface area contributed by atoms with Crippen molar-refractivity contribution in [3.8, 4) is 0 Å². The topological polar surface area (TPSA) is 73.3 Å². The van der Waals surface area contributed by atoms with Crippen LogP contribution in [0, 0.1) is 17.8 Å². The van der Waals surface area contributed by atoms with Crippen LogP contribution in [-0.2, 0) is 11.3 Å². The lowest BCUT2D eigenvalue weighted by atomic mass is 9.75. The van der Waals surface area contributed by atoms with E-state index in [0.717, 1.165) is 18.4 Å². The van der Waals surface area contributed by atoms with Crippen LogP contribution >= 0.6 is 0 Å². The molecule has 0 bridgehead atoms. The van der Waals surface area contributed by atoms with Crippen LogP contribution in [0.4, 0.5) is 0 Å². The molecule has 1 aliphatic rings. The molecule has 29 heavy (non-hydrogen) atoms. The molecule has 1 aliphatic carbocycles. The van der Waals surface area contributed by atoms with Crippen LogP contribution in [0.3, 0.4) is 0 Å². The van der Waals surface area contributed by atoms with Gasteiger partial charge in [0.1, 0.15) is 11.7 Å². The summed E-state index contributed by atoms with van der Waals surface area (Å²) in [6.07, 6.45) is 6.74. The fourth-order valence-corrected chi connectivity index (χ4v) is 4.27. The highest BCUT2D eigenvalue weighted by Crippen LogP contribution is 2.35. The Morgan fingerprint density at radius 1 is 1.17 bits per heavy atom. The van der Waals surface area contributed by atoms with E-state index in [1.807, 2.05) is 35.0 Å². The van der Waals surface area contributed by atoms with Crippen LogP contribution in [0.15, 0.2) is 48.8 Å². The lowest BCUT2D eigenvalue weighted by Crippen LogP contribution is -2.37. The number of pyridine rings is 1. The maximum Gasteiger partial charge on any atom is 0.338 e. The second kappa shape index (κ2) is 9.21. The molecule has 0 saturated heterocycles. The van der Waals surface area contributed by atoms with Gasteiger partial charge in [0.25, 0.3) is 5.91 Å². The van der Waals surface area contributed by atoms with Crippen molar-refractivity contribution < 1.29 is 18.9 Å². The average Bonchev–Trinajstić information content (AvgIpc) is 2.68.